The van der Waals surface area contributed by atoms with E-state index in [0.29, 0.717) is 0 Å². The van der Waals surface area contributed by atoms with Gasteiger partial charge in [-0.1, -0.05) is 5.16 Å². The molecule has 0 unspecified atom stereocenters. The molecule has 11 heavy (non-hydrogen) atoms. The Morgan fingerprint density at radius 2 is 2.64 bits per heavy atom. The van der Waals surface area contributed by atoms with Gasteiger partial charge in [0, 0.05) is 13.1 Å². The van der Waals surface area contributed by atoms with Gasteiger partial charge in [0.05, 0.1) is 6.20 Å². The van der Waals surface area contributed by atoms with Gasteiger partial charge in [0.2, 0.25) is 5.76 Å². The second-order valence-electron chi connectivity index (χ2n) is 2.02. The second-order valence-corrected chi connectivity index (χ2v) is 2.02. The van der Waals surface area contributed by atoms with E-state index in [1.165, 1.54) is 19.3 Å². The molecule has 1 heterocycles. The van der Waals surface area contributed by atoms with Crippen LogP contribution in [0.15, 0.2) is 16.8 Å². The summed E-state index contributed by atoms with van der Waals surface area (Å²) in [4.78, 5) is 12.2. The van der Waals surface area contributed by atoms with E-state index in [9.17, 15) is 4.79 Å². The molecule has 0 atom stereocenters. The maximum absolute atomic E-state index is 11.1. The van der Waals surface area contributed by atoms with Crippen molar-refractivity contribution in [1.29, 1.82) is 0 Å². The van der Waals surface area contributed by atoms with Crippen LogP contribution in [-0.2, 0) is 0 Å². The standard InChI is InChI=1S/C6H8N2O3/c1-8(4-9)6(10)5-2-3-7-11-5/h2-3,9H,4H2,1H3. The zero-order valence-corrected chi connectivity index (χ0v) is 6.02. The first-order chi connectivity index (χ1) is 5.25. The molecule has 0 saturated heterocycles. The van der Waals surface area contributed by atoms with Gasteiger partial charge in [-0.2, -0.15) is 0 Å². The molecule has 0 aliphatic rings. The predicted octanol–water partition coefficient (Wildman–Crippen LogP) is -0.304. The number of carbonyl (C=O) groups is 1. The minimum Gasteiger partial charge on any atom is -0.376 e. The highest BCUT2D eigenvalue weighted by Gasteiger charge is 2.13. The lowest BCUT2D eigenvalue weighted by molar-refractivity contribution is 0.0589. The fourth-order valence-electron chi connectivity index (χ4n) is 0.578. The lowest BCUT2D eigenvalue weighted by Crippen LogP contribution is -2.26. The molecule has 0 aliphatic heterocycles. The van der Waals surface area contributed by atoms with E-state index in [1.807, 2.05) is 0 Å². The number of hydrogen-bond donors (Lipinski definition) is 1. The number of amides is 1. The highest BCUT2D eigenvalue weighted by molar-refractivity contribution is 5.90. The van der Waals surface area contributed by atoms with E-state index in [0.717, 1.165) is 4.90 Å². The van der Waals surface area contributed by atoms with Gasteiger partial charge in [0.1, 0.15) is 6.73 Å². The molecule has 0 radical (unpaired) electrons. The van der Waals surface area contributed by atoms with Crippen LogP contribution in [0.5, 0.6) is 0 Å². The van der Waals surface area contributed by atoms with E-state index in [2.05, 4.69) is 9.68 Å². The Balaban J connectivity index is 2.70. The molecule has 0 aromatic carbocycles. The number of aromatic nitrogens is 1. The van der Waals surface area contributed by atoms with Crippen molar-refractivity contribution in [2.24, 2.45) is 0 Å². The Hall–Kier alpha value is -1.36. The summed E-state index contributed by atoms with van der Waals surface area (Å²) in [7, 11) is 1.46. The fourth-order valence-corrected chi connectivity index (χ4v) is 0.578. The number of carbonyl (C=O) groups excluding carboxylic acids is 1. The van der Waals surface area contributed by atoms with Crippen LogP contribution in [0.3, 0.4) is 0 Å². The molecule has 0 bridgehead atoms. The minimum atomic E-state index is -0.384. The highest BCUT2D eigenvalue weighted by Crippen LogP contribution is 1.99. The van der Waals surface area contributed by atoms with Gasteiger partial charge in [0.15, 0.2) is 0 Å². The summed E-state index contributed by atoms with van der Waals surface area (Å²) in [6.07, 6.45) is 1.37. The molecule has 1 rings (SSSR count). The topological polar surface area (TPSA) is 66.6 Å². The maximum Gasteiger partial charge on any atom is 0.294 e. The van der Waals surface area contributed by atoms with Crippen molar-refractivity contribution in [3.63, 3.8) is 0 Å². The van der Waals surface area contributed by atoms with E-state index in [-0.39, 0.29) is 18.4 Å². The smallest absolute Gasteiger partial charge is 0.294 e. The van der Waals surface area contributed by atoms with Crippen LogP contribution in [0.25, 0.3) is 0 Å². The Bertz CT molecular complexity index is 232. The predicted molar refractivity (Wildman–Crippen MR) is 35.7 cm³/mol. The number of rotatable bonds is 2. The fraction of sp³-hybridized carbons (Fsp3) is 0.333. The zero-order valence-electron chi connectivity index (χ0n) is 6.02. The first kappa shape index (κ1) is 7.74. The van der Waals surface area contributed by atoms with Gasteiger partial charge in [0.25, 0.3) is 5.91 Å². The van der Waals surface area contributed by atoms with Crippen LogP contribution >= 0.6 is 0 Å². The summed E-state index contributed by atoms with van der Waals surface area (Å²) in [5.74, 6) is -0.258. The van der Waals surface area contributed by atoms with Gasteiger partial charge >= 0.3 is 0 Å². The van der Waals surface area contributed by atoms with Crippen molar-refractivity contribution >= 4 is 5.91 Å². The third kappa shape index (κ3) is 1.56. The third-order valence-electron chi connectivity index (χ3n) is 1.21. The van der Waals surface area contributed by atoms with Gasteiger partial charge in [-0.15, -0.1) is 0 Å². The average molecular weight is 156 g/mol. The van der Waals surface area contributed by atoms with Crippen molar-refractivity contribution in [2.75, 3.05) is 13.8 Å². The lowest BCUT2D eigenvalue weighted by atomic mass is 10.4. The Labute approximate surface area is 63.2 Å². The summed E-state index contributed by atoms with van der Waals surface area (Å²) in [6, 6.07) is 1.44. The Morgan fingerprint density at radius 1 is 1.91 bits per heavy atom. The summed E-state index contributed by atoms with van der Waals surface area (Å²) < 4.78 is 4.57. The molecule has 0 aliphatic carbocycles. The van der Waals surface area contributed by atoms with Crippen LogP contribution in [0.4, 0.5) is 0 Å². The van der Waals surface area contributed by atoms with Crippen LogP contribution in [0.2, 0.25) is 0 Å². The number of aliphatic hydroxyl groups is 1. The quantitative estimate of drug-likeness (QED) is 0.597. The first-order valence-corrected chi connectivity index (χ1v) is 3.02. The van der Waals surface area contributed by atoms with E-state index >= 15 is 0 Å². The molecule has 1 N–H and O–H groups in total. The molecule has 1 aromatic rings. The first-order valence-electron chi connectivity index (χ1n) is 3.02. The Morgan fingerprint density at radius 3 is 3.09 bits per heavy atom. The second kappa shape index (κ2) is 3.16. The molecule has 0 saturated carbocycles. The molecule has 5 nitrogen and oxygen atoms in total. The van der Waals surface area contributed by atoms with Gasteiger partial charge in [-0.05, 0) is 0 Å². The maximum atomic E-state index is 11.1. The molecule has 5 heteroatoms. The summed E-state index contributed by atoms with van der Waals surface area (Å²) >= 11 is 0. The molecule has 60 valence electrons. The summed E-state index contributed by atoms with van der Waals surface area (Å²) in [5.41, 5.74) is 0. The molecular formula is C6H8N2O3. The number of aliphatic hydroxyl groups excluding tert-OH is 1. The van der Waals surface area contributed by atoms with Crippen molar-refractivity contribution in [3.05, 3.63) is 18.0 Å². The van der Waals surface area contributed by atoms with Crippen molar-refractivity contribution < 1.29 is 14.4 Å². The minimum absolute atomic E-state index is 0.126. The number of nitrogens with zero attached hydrogens (tertiary/aromatic N) is 2. The van der Waals surface area contributed by atoms with Crippen molar-refractivity contribution in [1.82, 2.24) is 10.1 Å². The Kier molecular flexibility index (Phi) is 2.22. The van der Waals surface area contributed by atoms with Crippen LogP contribution in [-0.4, -0.2) is 34.8 Å². The summed E-state index contributed by atoms with van der Waals surface area (Å²) in [5, 5.41) is 11.9. The van der Waals surface area contributed by atoms with Crippen LogP contribution in [0, 0.1) is 0 Å². The average Bonchev–Trinajstić information content (AvgIpc) is 2.53. The third-order valence-corrected chi connectivity index (χ3v) is 1.21. The highest BCUT2D eigenvalue weighted by atomic mass is 16.5. The molecular weight excluding hydrogens is 148 g/mol. The normalized spacial score (nSPS) is 9.64. The molecule has 1 amide bonds. The van der Waals surface area contributed by atoms with Gasteiger partial charge in [-0.3, -0.25) is 4.79 Å². The molecule has 0 spiro atoms. The van der Waals surface area contributed by atoms with Gasteiger partial charge < -0.3 is 14.5 Å². The summed E-state index contributed by atoms with van der Waals surface area (Å²) in [6.45, 7) is -0.334. The van der Waals surface area contributed by atoms with Gasteiger partial charge in [-0.25, -0.2) is 0 Å². The van der Waals surface area contributed by atoms with E-state index in [4.69, 9.17) is 5.11 Å². The van der Waals surface area contributed by atoms with E-state index in [1.54, 1.807) is 0 Å². The van der Waals surface area contributed by atoms with Crippen LogP contribution in [0.1, 0.15) is 10.6 Å². The SMILES string of the molecule is CN(CO)C(=O)c1ccno1. The van der Waals surface area contributed by atoms with E-state index < -0.39 is 0 Å². The van der Waals surface area contributed by atoms with Crippen molar-refractivity contribution in [2.45, 2.75) is 0 Å². The molecule has 1 aromatic heterocycles. The number of hydrogen-bond acceptors (Lipinski definition) is 4. The largest absolute Gasteiger partial charge is 0.376 e. The van der Waals surface area contributed by atoms with Crippen LogP contribution < -0.4 is 0 Å². The lowest BCUT2D eigenvalue weighted by Gasteiger charge is -2.09. The van der Waals surface area contributed by atoms with Crippen molar-refractivity contribution in [3.8, 4) is 0 Å². The molecule has 0 fully saturated rings. The monoisotopic (exact) mass is 156 g/mol. The zero-order chi connectivity index (χ0) is 8.27.